The van der Waals surface area contributed by atoms with Crippen LogP contribution < -0.4 is 21.1 Å². The fourth-order valence-electron chi connectivity index (χ4n) is 4.52. The number of nitrogen functional groups attached to an aromatic ring is 1. The molecular formula is C21H24FN7O3. The first kappa shape index (κ1) is 20.4. The van der Waals surface area contributed by atoms with E-state index in [-0.39, 0.29) is 29.1 Å². The van der Waals surface area contributed by atoms with Crippen molar-refractivity contribution in [1.82, 2.24) is 19.6 Å². The summed E-state index contributed by atoms with van der Waals surface area (Å²) in [7, 11) is 0. The number of aromatic nitrogens is 4. The molecule has 5 rings (SSSR count). The molecule has 3 unspecified atom stereocenters. The van der Waals surface area contributed by atoms with Crippen molar-refractivity contribution in [3.8, 4) is 5.88 Å². The van der Waals surface area contributed by atoms with Gasteiger partial charge in [-0.15, -0.1) is 5.10 Å². The van der Waals surface area contributed by atoms with E-state index >= 15 is 0 Å². The van der Waals surface area contributed by atoms with E-state index in [2.05, 4.69) is 20.0 Å². The normalized spacial score (nSPS) is 22.7. The lowest BCUT2D eigenvalue weighted by Gasteiger charge is -2.29. The first-order chi connectivity index (χ1) is 15.3. The molecule has 3 aromatic rings. The lowest BCUT2D eigenvalue weighted by molar-refractivity contribution is 0.0700. The van der Waals surface area contributed by atoms with Crippen LogP contribution in [0.4, 0.5) is 16.0 Å². The highest BCUT2D eigenvalue weighted by Gasteiger charge is 2.54. The Kier molecular flexibility index (Phi) is 4.85. The highest BCUT2D eigenvalue weighted by molar-refractivity contribution is 5.99. The molecule has 1 saturated carbocycles. The number of aromatic carboxylic acids is 1. The first-order valence-corrected chi connectivity index (χ1v) is 10.5. The van der Waals surface area contributed by atoms with Crippen LogP contribution in [-0.4, -0.2) is 49.9 Å². The maximum absolute atomic E-state index is 14.2. The largest absolute Gasteiger partial charge is 0.477 e. The molecule has 1 saturated heterocycles. The number of nitrogens with two attached hydrogens (primary N) is 2. The fraction of sp³-hybridized carbons (Fsp3) is 0.429. The number of piperidine rings is 1. The van der Waals surface area contributed by atoms with Crippen molar-refractivity contribution in [1.29, 1.82) is 0 Å². The van der Waals surface area contributed by atoms with Gasteiger partial charge in [-0.2, -0.15) is 0 Å². The zero-order valence-electron chi connectivity index (χ0n) is 17.5. The molecule has 4 atom stereocenters. The Morgan fingerprint density at radius 1 is 1.47 bits per heavy atom. The number of fused-ring (bicyclic) bond motifs is 2. The van der Waals surface area contributed by atoms with E-state index < -0.39 is 11.8 Å². The van der Waals surface area contributed by atoms with Gasteiger partial charge < -0.3 is 26.2 Å². The Bertz CT molecular complexity index is 1200. The van der Waals surface area contributed by atoms with Crippen molar-refractivity contribution in [2.75, 3.05) is 23.8 Å². The van der Waals surface area contributed by atoms with Crippen molar-refractivity contribution in [2.45, 2.75) is 31.8 Å². The second-order valence-corrected chi connectivity index (χ2v) is 8.54. The van der Waals surface area contributed by atoms with Gasteiger partial charge in [0.25, 0.3) is 0 Å². The van der Waals surface area contributed by atoms with Crippen molar-refractivity contribution in [3.63, 3.8) is 0 Å². The van der Waals surface area contributed by atoms with Gasteiger partial charge in [0.1, 0.15) is 17.2 Å². The highest BCUT2D eigenvalue weighted by Crippen LogP contribution is 2.58. The van der Waals surface area contributed by atoms with Gasteiger partial charge in [0, 0.05) is 24.3 Å². The predicted octanol–water partition coefficient (Wildman–Crippen LogP) is 1.86. The summed E-state index contributed by atoms with van der Waals surface area (Å²) >= 11 is 0. The minimum absolute atomic E-state index is 0.0165. The summed E-state index contributed by atoms with van der Waals surface area (Å²) in [6.07, 6.45) is 4.45. The summed E-state index contributed by atoms with van der Waals surface area (Å²) in [4.78, 5) is 22.5. The van der Waals surface area contributed by atoms with E-state index in [4.69, 9.17) is 16.2 Å². The summed E-state index contributed by atoms with van der Waals surface area (Å²) in [6, 6.07) is 3.02. The van der Waals surface area contributed by atoms with Crippen molar-refractivity contribution < 1.29 is 19.0 Å². The number of ether oxygens (including phenoxy) is 1. The van der Waals surface area contributed by atoms with Gasteiger partial charge in [-0.25, -0.2) is 23.7 Å². The molecule has 4 heterocycles. The highest BCUT2D eigenvalue weighted by atomic mass is 19.1. The zero-order chi connectivity index (χ0) is 22.6. The molecule has 0 radical (unpaired) electrons. The molecule has 11 heteroatoms. The number of pyridine rings is 1. The molecule has 32 heavy (non-hydrogen) atoms. The minimum Gasteiger partial charge on any atom is -0.477 e. The molecule has 0 spiro atoms. The molecule has 5 N–H and O–H groups in total. The Balaban J connectivity index is 1.53. The van der Waals surface area contributed by atoms with Gasteiger partial charge in [0.05, 0.1) is 18.8 Å². The molecule has 0 bridgehead atoms. The molecular weight excluding hydrogens is 417 g/mol. The van der Waals surface area contributed by atoms with Crippen LogP contribution in [-0.2, 0) is 0 Å². The average molecular weight is 441 g/mol. The summed E-state index contributed by atoms with van der Waals surface area (Å²) in [5.41, 5.74) is 12.3. The van der Waals surface area contributed by atoms with E-state index in [0.717, 1.165) is 19.2 Å². The van der Waals surface area contributed by atoms with Gasteiger partial charge in [-0.3, -0.25) is 0 Å². The van der Waals surface area contributed by atoms with Crippen LogP contribution in [0.3, 0.4) is 0 Å². The molecule has 10 nitrogen and oxygen atoms in total. The number of hydrogen-bond donors (Lipinski definition) is 3. The summed E-state index contributed by atoms with van der Waals surface area (Å²) in [5.74, 6) is -0.000163. The molecule has 168 valence electrons. The van der Waals surface area contributed by atoms with Crippen LogP contribution in [0.25, 0.3) is 5.65 Å². The van der Waals surface area contributed by atoms with Gasteiger partial charge in [-0.05, 0) is 43.7 Å². The maximum atomic E-state index is 14.2. The molecule has 1 aliphatic carbocycles. The average Bonchev–Trinajstić information content (AvgIpc) is 3.26. The van der Waals surface area contributed by atoms with Crippen LogP contribution >= 0.6 is 0 Å². The first-order valence-electron chi connectivity index (χ1n) is 10.5. The number of anilines is 2. The Morgan fingerprint density at radius 2 is 2.28 bits per heavy atom. The number of hydrogen-bond acceptors (Lipinski definition) is 8. The number of carboxylic acid groups (broad SMARTS) is 1. The van der Waals surface area contributed by atoms with Crippen molar-refractivity contribution in [2.24, 2.45) is 17.6 Å². The number of carbonyl (C=O) groups is 1. The zero-order valence-corrected chi connectivity index (χ0v) is 17.5. The van der Waals surface area contributed by atoms with Gasteiger partial charge in [0.15, 0.2) is 11.5 Å². The predicted molar refractivity (Wildman–Crippen MR) is 114 cm³/mol. The third-order valence-corrected chi connectivity index (χ3v) is 6.13. The Morgan fingerprint density at radius 3 is 3.03 bits per heavy atom. The van der Waals surface area contributed by atoms with Crippen LogP contribution in [0.1, 0.15) is 41.7 Å². The molecule has 2 aliphatic rings. The van der Waals surface area contributed by atoms with E-state index in [0.29, 0.717) is 42.1 Å². The lowest BCUT2D eigenvalue weighted by Crippen LogP contribution is -2.28. The molecule has 0 amide bonds. The lowest BCUT2D eigenvalue weighted by atomic mass is 10.0. The van der Waals surface area contributed by atoms with Crippen LogP contribution in [0.5, 0.6) is 5.88 Å². The number of nitrogens with zero attached hydrogens (tertiary/aromatic N) is 5. The van der Waals surface area contributed by atoms with Crippen molar-refractivity contribution in [3.05, 3.63) is 41.5 Å². The van der Waals surface area contributed by atoms with Gasteiger partial charge in [-0.1, -0.05) is 0 Å². The van der Waals surface area contributed by atoms with Gasteiger partial charge >= 0.3 is 5.97 Å². The second kappa shape index (κ2) is 7.59. The number of carboxylic acids is 1. The fourth-order valence-corrected chi connectivity index (χ4v) is 4.52. The Hall–Kier alpha value is -3.47. The molecule has 2 fully saturated rings. The molecule has 1 aliphatic heterocycles. The second-order valence-electron chi connectivity index (χ2n) is 8.54. The topological polar surface area (TPSA) is 145 Å². The Labute approximate surface area is 183 Å². The van der Waals surface area contributed by atoms with E-state index in [1.54, 1.807) is 12.3 Å². The van der Waals surface area contributed by atoms with Crippen LogP contribution in [0, 0.1) is 17.7 Å². The number of halogens is 1. The number of rotatable bonds is 7. The summed E-state index contributed by atoms with van der Waals surface area (Å²) < 4.78 is 21.4. The molecule has 0 aromatic carbocycles. The standard InChI is InChI=1S/C21H24FN7O3/c1-10(23)3-5-32-20-14(7-12(22)8-25-20)17-13-6-11(13)9-28(17)15-2-4-29-19(26-15)16(21(30)31)18(24)27-29/h2,4,7-8,10-11,13,17H,3,5-6,9,23H2,1H3,(H2,24,27)(H,30,31)/t10-,11?,13?,17?/m1/s1. The monoisotopic (exact) mass is 441 g/mol. The van der Waals surface area contributed by atoms with E-state index in [1.165, 1.54) is 10.6 Å². The summed E-state index contributed by atoms with van der Waals surface area (Å²) in [6.45, 7) is 3.00. The van der Waals surface area contributed by atoms with Crippen molar-refractivity contribution >= 4 is 23.3 Å². The summed E-state index contributed by atoms with van der Waals surface area (Å²) in [5, 5.41) is 13.5. The van der Waals surface area contributed by atoms with Gasteiger partial charge in [0.2, 0.25) is 5.88 Å². The minimum atomic E-state index is -1.19. The van der Waals surface area contributed by atoms with E-state index in [1.807, 2.05) is 6.92 Å². The smallest absolute Gasteiger partial charge is 0.343 e. The third kappa shape index (κ3) is 3.48. The quantitative estimate of drug-likeness (QED) is 0.500. The third-order valence-electron chi connectivity index (χ3n) is 6.13. The molecule has 3 aromatic heterocycles. The SMILES string of the molecule is C[C@@H](N)CCOc1ncc(F)cc1C1C2CC2CN1c1ccn2nc(N)c(C(=O)O)c2n1. The van der Waals surface area contributed by atoms with E-state index in [9.17, 15) is 14.3 Å². The van der Waals surface area contributed by atoms with Crippen LogP contribution in [0.15, 0.2) is 24.5 Å². The van der Waals surface area contributed by atoms with Crippen LogP contribution in [0.2, 0.25) is 0 Å². The maximum Gasteiger partial charge on any atom is 0.343 e.